The van der Waals surface area contributed by atoms with Gasteiger partial charge in [0.25, 0.3) is 0 Å². The van der Waals surface area contributed by atoms with Crippen LogP contribution in [0.15, 0.2) is 30.3 Å². The first kappa shape index (κ1) is 19.4. The molecular formula is C18H27Cl2N3O. The summed E-state index contributed by atoms with van der Waals surface area (Å²) in [5.41, 5.74) is 1.60. The Morgan fingerprint density at radius 3 is 2.58 bits per heavy atom. The summed E-state index contributed by atoms with van der Waals surface area (Å²) in [5.74, 6) is 0.585. The van der Waals surface area contributed by atoms with Crippen molar-refractivity contribution in [2.45, 2.75) is 31.7 Å². The number of nitrogens with zero attached hydrogens (tertiary/aromatic N) is 1. The highest BCUT2D eigenvalue weighted by atomic mass is 35.5. The largest absolute Gasteiger partial charge is 0.369 e. The van der Waals surface area contributed by atoms with Gasteiger partial charge in [0.05, 0.1) is 0 Å². The topological polar surface area (TPSA) is 44.4 Å². The molecule has 2 unspecified atom stereocenters. The van der Waals surface area contributed by atoms with Gasteiger partial charge in [-0.2, -0.15) is 0 Å². The molecule has 0 radical (unpaired) electrons. The minimum absolute atomic E-state index is 0. The quantitative estimate of drug-likeness (QED) is 0.858. The zero-order valence-corrected chi connectivity index (χ0v) is 15.5. The second-order valence-corrected chi connectivity index (χ2v) is 7.14. The third kappa shape index (κ3) is 3.81. The maximum atomic E-state index is 12.5. The SMILES string of the molecule is Cl.Cl.O=C(NC1CCN(c2ccccc2)C1)C1CC12CCNCC2. The van der Waals surface area contributed by atoms with Crippen molar-refractivity contribution in [2.75, 3.05) is 31.1 Å². The van der Waals surface area contributed by atoms with Gasteiger partial charge < -0.3 is 15.5 Å². The Kier molecular flexibility index (Phi) is 6.40. The number of carbonyl (C=O) groups is 1. The molecule has 1 saturated carbocycles. The zero-order valence-electron chi connectivity index (χ0n) is 13.9. The number of nitrogens with one attached hydrogen (secondary N) is 2. The molecule has 3 fully saturated rings. The molecule has 0 aromatic heterocycles. The van der Waals surface area contributed by atoms with Crippen molar-refractivity contribution in [1.29, 1.82) is 0 Å². The van der Waals surface area contributed by atoms with Crippen molar-refractivity contribution in [2.24, 2.45) is 11.3 Å². The van der Waals surface area contributed by atoms with Crippen molar-refractivity contribution in [3.8, 4) is 0 Å². The molecule has 2 N–H and O–H groups in total. The molecular weight excluding hydrogens is 345 g/mol. The fourth-order valence-corrected chi connectivity index (χ4v) is 4.25. The summed E-state index contributed by atoms with van der Waals surface area (Å²) >= 11 is 0. The van der Waals surface area contributed by atoms with Crippen LogP contribution in [0.5, 0.6) is 0 Å². The van der Waals surface area contributed by atoms with Crippen molar-refractivity contribution >= 4 is 36.4 Å². The van der Waals surface area contributed by atoms with Gasteiger partial charge in [-0.25, -0.2) is 0 Å². The Balaban J connectivity index is 0.00000104. The monoisotopic (exact) mass is 371 g/mol. The molecule has 24 heavy (non-hydrogen) atoms. The van der Waals surface area contributed by atoms with E-state index < -0.39 is 0 Å². The van der Waals surface area contributed by atoms with Gasteiger partial charge in [-0.05, 0) is 56.3 Å². The number of piperidine rings is 1. The smallest absolute Gasteiger partial charge is 0.223 e. The molecule has 4 nitrogen and oxygen atoms in total. The van der Waals surface area contributed by atoms with E-state index in [1.54, 1.807) is 0 Å². The summed E-state index contributed by atoms with van der Waals surface area (Å²) in [6, 6.07) is 10.8. The van der Waals surface area contributed by atoms with Gasteiger partial charge in [0.1, 0.15) is 0 Å². The van der Waals surface area contributed by atoms with Crippen LogP contribution in [0.4, 0.5) is 5.69 Å². The summed E-state index contributed by atoms with van der Waals surface area (Å²) in [7, 11) is 0. The number of amides is 1. The first-order valence-electron chi connectivity index (χ1n) is 8.58. The number of hydrogen-bond donors (Lipinski definition) is 2. The van der Waals surface area contributed by atoms with E-state index >= 15 is 0 Å². The molecule has 1 amide bonds. The third-order valence-electron chi connectivity index (χ3n) is 5.76. The van der Waals surface area contributed by atoms with Crippen LogP contribution in [-0.2, 0) is 4.79 Å². The third-order valence-corrected chi connectivity index (χ3v) is 5.76. The predicted octanol–water partition coefficient (Wildman–Crippen LogP) is 2.61. The Bertz CT molecular complexity index is 548. The van der Waals surface area contributed by atoms with Crippen molar-refractivity contribution < 1.29 is 4.79 Å². The Labute approximate surface area is 156 Å². The van der Waals surface area contributed by atoms with E-state index in [0.717, 1.165) is 39.0 Å². The van der Waals surface area contributed by atoms with Crippen LogP contribution in [0.1, 0.15) is 25.7 Å². The van der Waals surface area contributed by atoms with Crippen LogP contribution >= 0.6 is 24.8 Å². The van der Waals surface area contributed by atoms with E-state index in [0.29, 0.717) is 17.4 Å². The molecule has 2 heterocycles. The molecule has 3 aliphatic rings. The van der Waals surface area contributed by atoms with Gasteiger partial charge in [-0.3, -0.25) is 4.79 Å². The first-order valence-corrected chi connectivity index (χ1v) is 8.58. The van der Waals surface area contributed by atoms with Crippen LogP contribution < -0.4 is 15.5 Å². The van der Waals surface area contributed by atoms with Gasteiger partial charge in [0, 0.05) is 30.7 Å². The lowest BCUT2D eigenvalue weighted by atomic mass is 9.91. The molecule has 1 aliphatic carbocycles. The maximum absolute atomic E-state index is 12.5. The zero-order chi connectivity index (χ0) is 15.0. The Hall–Kier alpha value is -0.970. The van der Waals surface area contributed by atoms with E-state index in [1.165, 1.54) is 18.5 Å². The van der Waals surface area contributed by atoms with E-state index in [-0.39, 0.29) is 30.7 Å². The average molecular weight is 372 g/mol. The number of rotatable bonds is 3. The summed E-state index contributed by atoms with van der Waals surface area (Å²) in [5, 5.41) is 6.71. The lowest BCUT2D eigenvalue weighted by Crippen LogP contribution is -2.40. The fraction of sp³-hybridized carbons (Fsp3) is 0.611. The van der Waals surface area contributed by atoms with Crippen molar-refractivity contribution in [1.82, 2.24) is 10.6 Å². The van der Waals surface area contributed by atoms with Gasteiger partial charge in [0.15, 0.2) is 0 Å². The second-order valence-electron chi connectivity index (χ2n) is 7.14. The summed E-state index contributed by atoms with van der Waals surface area (Å²) in [6.45, 7) is 4.13. The van der Waals surface area contributed by atoms with E-state index in [2.05, 4.69) is 39.8 Å². The van der Waals surface area contributed by atoms with E-state index in [4.69, 9.17) is 0 Å². The molecule has 6 heteroatoms. The minimum atomic E-state index is 0. The number of para-hydroxylation sites is 1. The fourth-order valence-electron chi connectivity index (χ4n) is 4.25. The standard InChI is InChI=1S/C18H25N3O.2ClH/c22-17(16-12-18(16)7-9-19-10-8-18)20-14-6-11-21(13-14)15-4-2-1-3-5-15;;/h1-5,14,16,19H,6-13H2,(H,20,22);2*1H. The molecule has 1 aromatic rings. The van der Waals surface area contributed by atoms with Gasteiger partial charge in [-0.1, -0.05) is 18.2 Å². The first-order chi connectivity index (χ1) is 10.8. The number of carbonyl (C=O) groups excluding carboxylic acids is 1. The van der Waals surface area contributed by atoms with Crippen LogP contribution in [0.25, 0.3) is 0 Å². The highest BCUT2D eigenvalue weighted by Crippen LogP contribution is 2.58. The van der Waals surface area contributed by atoms with Crippen molar-refractivity contribution in [3.63, 3.8) is 0 Å². The molecule has 1 spiro atoms. The summed E-state index contributed by atoms with van der Waals surface area (Å²) in [4.78, 5) is 14.9. The highest BCUT2D eigenvalue weighted by Gasteiger charge is 2.57. The number of benzene rings is 1. The Morgan fingerprint density at radius 1 is 1.17 bits per heavy atom. The molecule has 134 valence electrons. The number of halogens is 2. The second kappa shape index (κ2) is 7.94. The average Bonchev–Trinajstić information content (AvgIpc) is 3.04. The van der Waals surface area contributed by atoms with Gasteiger partial charge >= 0.3 is 0 Å². The predicted molar refractivity (Wildman–Crippen MR) is 102 cm³/mol. The molecule has 2 atom stereocenters. The lowest BCUT2D eigenvalue weighted by molar-refractivity contribution is -0.123. The summed E-state index contributed by atoms with van der Waals surface area (Å²) in [6.07, 6.45) is 4.51. The van der Waals surface area contributed by atoms with Gasteiger partial charge in [0.2, 0.25) is 5.91 Å². The maximum Gasteiger partial charge on any atom is 0.223 e. The van der Waals surface area contributed by atoms with E-state index in [9.17, 15) is 4.79 Å². The number of anilines is 1. The molecule has 2 saturated heterocycles. The van der Waals surface area contributed by atoms with Crippen LogP contribution in [0.2, 0.25) is 0 Å². The van der Waals surface area contributed by atoms with Crippen molar-refractivity contribution in [3.05, 3.63) is 30.3 Å². The highest BCUT2D eigenvalue weighted by molar-refractivity contribution is 5.85. The molecule has 2 aliphatic heterocycles. The Morgan fingerprint density at radius 2 is 1.88 bits per heavy atom. The van der Waals surface area contributed by atoms with E-state index in [1.807, 2.05) is 6.07 Å². The van der Waals surface area contributed by atoms with Crippen LogP contribution in [-0.4, -0.2) is 38.1 Å². The van der Waals surface area contributed by atoms with Crippen LogP contribution in [0, 0.1) is 11.3 Å². The molecule has 1 aromatic carbocycles. The minimum Gasteiger partial charge on any atom is -0.369 e. The summed E-state index contributed by atoms with van der Waals surface area (Å²) < 4.78 is 0. The lowest BCUT2D eigenvalue weighted by Gasteiger charge is -2.24. The molecule has 4 rings (SSSR count). The number of hydrogen-bond acceptors (Lipinski definition) is 3. The molecule has 0 bridgehead atoms. The normalized spacial score (nSPS) is 27.1. The van der Waals surface area contributed by atoms with Gasteiger partial charge in [-0.15, -0.1) is 24.8 Å². The van der Waals surface area contributed by atoms with Crippen LogP contribution in [0.3, 0.4) is 0 Å².